The van der Waals surface area contributed by atoms with Crippen LogP contribution in [0.15, 0.2) is 0 Å². The molecule has 1 aliphatic rings. The number of methoxy groups -OCH3 is 1. The van der Waals surface area contributed by atoms with Crippen molar-refractivity contribution in [3.8, 4) is 0 Å². The molecule has 102 valence electrons. The van der Waals surface area contributed by atoms with Crippen LogP contribution in [0.25, 0.3) is 0 Å². The van der Waals surface area contributed by atoms with Crippen molar-refractivity contribution >= 4 is 22.6 Å². The van der Waals surface area contributed by atoms with Gasteiger partial charge in [0.05, 0.1) is 19.3 Å². The van der Waals surface area contributed by atoms with Gasteiger partial charge in [-0.25, -0.2) is 0 Å². The molecule has 0 bridgehead atoms. The third kappa shape index (κ3) is 7.59. The molecule has 3 nitrogen and oxygen atoms in total. The number of rotatable bonds is 8. The van der Waals surface area contributed by atoms with E-state index in [-0.39, 0.29) is 0 Å². The fourth-order valence-corrected chi connectivity index (χ4v) is 3.06. The lowest BCUT2D eigenvalue weighted by molar-refractivity contribution is 0.0220. The number of hydrogen-bond acceptors (Lipinski definition) is 3. The second-order valence-electron chi connectivity index (χ2n) is 4.52. The summed E-state index contributed by atoms with van der Waals surface area (Å²) >= 11 is 2.55. The summed E-state index contributed by atoms with van der Waals surface area (Å²) in [6.07, 6.45) is 8.08. The Morgan fingerprint density at radius 1 is 1.00 bits per heavy atom. The van der Waals surface area contributed by atoms with Gasteiger partial charge in [-0.2, -0.15) is 0 Å². The van der Waals surface area contributed by atoms with Crippen LogP contribution in [0.1, 0.15) is 38.5 Å². The molecule has 0 heterocycles. The Kier molecular flexibility index (Phi) is 9.70. The van der Waals surface area contributed by atoms with E-state index in [2.05, 4.69) is 22.6 Å². The summed E-state index contributed by atoms with van der Waals surface area (Å²) in [5, 5.41) is 0. The van der Waals surface area contributed by atoms with Crippen LogP contribution < -0.4 is 0 Å². The summed E-state index contributed by atoms with van der Waals surface area (Å²) in [7, 11) is 1.69. The molecule has 1 rings (SSSR count). The van der Waals surface area contributed by atoms with Crippen LogP contribution in [0.3, 0.4) is 0 Å². The minimum Gasteiger partial charge on any atom is -0.382 e. The van der Waals surface area contributed by atoms with Crippen molar-refractivity contribution in [2.24, 2.45) is 0 Å². The SMILES string of the molecule is COCCOCCCOC1CCCCCC1I. The molecule has 1 saturated carbocycles. The van der Waals surface area contributed by atoms with Crippen LogP contribution in [0.2, 0.25) is 0 Å². The van der Waals surface area contributed by atoms with Crippen LogP contribution >= 0.6 is 22.6 Å². The Labute approximate surface area is 119 Å². The quantitative estimate of drug-likeness (QED) is 0.289. The van der Waals surface area contributed by atoms with E-state index >= 15 is 0 Å². The van der Waals surface area contributed by atoms with E-state index in [1.807, 2.05) is 0 Å². The molecule has 2 unspecified atom stereocenters. The van der Waals surface area contributed by atoms with Gasteiger partial charge in [-0.05, 0) is 19.3 Å². The van der Waals surface area contributed by atoms with Crippen LogP contribution in [-0.2, 0) is 14.2 Å². The molecule has 0 saturated heterocycles. The summed E-state index contributed by atoms with van der Waals surface area (Å²) in [6.45, 7) is 2.98. The van der Waals surface area contributed by atoms with Gasteiger partial charge >= 0.3 is 0 Å². The summed E-state index contributed by atoms with van der Waals surface area (Å²) in [5.74, 6) is 0. The first kappa shape index (κ1) is 15.7. The van der Waals surface area contributed by atoms with Gasteiger partial charge in [0.25, 0.3) is 0 Å². The van der Waals surface area contributed by atoms with Gasteiger partial charge in [-0.3, -0.25) is 0 Å². The summed E-state index contributed by atoms with van der Waals surface area (Å²) < 4.78 is 17.0. The molecule has 0 spiro atoms. The molecule has 0 aromatic carbocycles. The smallest absolute Gasteiger partial charge is 0.0700 e. The average molecular weight is 356 g/mol. The van der Waals surface area contributed by atoms with E-state index in [0.717, 1.165) is 19.6 Å². The molecule has 2 atom stereocenters. The molecule has 0 radical (unpaired) electrons. The van der Waals surface area contributed by atoms with Crippen molar-refractivity contribution in [3.05, 3.63) is 0 Å². The third-order valence-electron chi connectivity index (χ3n) is 3.07. The van der Waals surface area contributed by atoms with Crippen molar-refractivity contribution in [3.63, 3.8) is 0 Å². The molecular weight excluding hydrogens is 331 g/mol. The third-order valence-corrected chi connectivity index (χ3v) is 4.49. The van der Waals surface area contributed by atoms with Crippen molar-refractivity contribution < 1.29 is 14.2 Å². The molecule has 0 amide bonds. The first-order valence-corrected chi connectivity index (χ1v) is 7.91. The van der Waals surface area contributed by atoms with Gasteiger partial charge in [-0.1, -0.05) is 41.9 Å². The van der Waals surface area contributed by atoms with Crippen molar-refractivity contribution in [1.29, 1.82) is 0 Å². The fourth-order valence-electron chi connectivity index (χ4n) is 2.06. The van der Waals surface area contributed by atoms with Crippen LogP contribution in [0.4, 0.5) is 0 Å². The highest BCUT2D eigenvalue weighted by molar-refractivity contribution is 14.1. The van der Waals surface area contributed by atoms with E-state index in [0.29, 0.717) is 23.2 Å². The zero-order chi connectivity index (χ0) is 12.3. The lowest BCUT2D eigenvalue weighted by Crippen LogP contribution is -2.23. The molecular formula is C13H25IO3. The first-order chi connectivity index (χ1) is 8.34. The summed E-state index contributed by atoms with van der Waals surface area (Å²) in [5.41, 5.74) is 0. The van der Waals surface area contributed by atoms with Gasteiger partial charge in [0, 0.05) is 24.2 Å². The van der Waals surface area contributed by atoms with Crippen molar-refractivity contribution in [2.45, 2.75) is 48.6 Å². The highest BCUT2D eigenvalue weighted by Gasteiger charge is 2.21. The molecule has 0 aromatic heterocycles. The molecule has 0 aliphatic heterocycles. The van der Waals surface area contributed by atoms with E-state index in [1.54, 1.807) is 7.11 Å². The molecule has 17 heavy (non-hydrogen) atoms. The van der Waals surface area contributed by atoms with Gasteiger partial charge in [-0.15, -0.1) is 0 Å². The first-order valence-electron chi connectivity index (χ1n) is 6.67. The van der Waals surface area contributed by atoms with E-state index < -0.39 is 0 Å². The topological polar surface area (TPSA) is 27.7 Å². The maximum Gasteiger partial charge on any atom is 0.0700 e. The molecule has 1 aliphatic carbocycles. The number of halogens is 1. The fraction of sp³-hybridized carbons (Fsp3) is 1.00. The number of alkyl halides is 1. The maximum absolute atomic E-state index is 5.96. The Morgan fingerprint density at radius 2 is 1.82 bits per heavy atom. The molecule has 4 heteroatoms. The second kappa shape index (κ2) is 10.5. The molecule has 1 fully saturated rings. The predicted octanol–water partition coefficient (Wildman–Crippen LogP) is 3.19. The lowest BCUT2D eigenvalue weighted by atomic mass is 10.1. The highest BCUT2D eigenvalue weighted by atomic mass is 127. The van der Waals surface area contributed by atoms with Crippen LogP contribution in [0.5, 0.6) is 0 Å². The Balaban J connectivity index is 1.97. The minimum atomic E-state index is 0.470. The summed E-state index contributed by atoms with van der Waals surface area (Å²) in [6, 6.07) is 0. The lowest BCUT2D eigenvalue weighted by Gasteiger charge is -2.20. The minimum absolute atomic E-state index is 0.470. The van der Waals surface area contributed by atoms with Gasteiger partial charge in [0.1, 0.15) is 0 Å². The Bertz CT molecular complexity index is 178. The van der Waals surface area contributed by atoms with Gasteiger partial charge in [0.15, 0.2) is 0 Å². The van der Waals surface area contributed by atoms with E-state index in [9.17, 15) is 0 Å². The van der Waals surface area contributed by atoms with Crippen LogP contribution in [0, 0.1) is 0 Å². The highest BCUT2D eigenvalue weighted by Crippen LogP contribution is 2.26. The monoisotopic (exact) mass is 356 g/mol. The summed E-state index contributed by atoms with van der Waals surface area (Å²) in [4.78, 5) is 0. The largest absolute Gasteiger partial charge is 0.382 e. The predicted molar refractivity (Wildman–Crippen MR) is 77.9 cm³/mol. The number of hydrogen-bond donors (Lipinski definition) is 0. The Morgan fingerprint density at radius 3 is 2.65 bits per heavy atom. The van der Waals surface area contributed by atoms with E-state index in [1.165, 1.54) is 32.1 Å². The zero-order valence-electron chi connectivity index (χ0n) is 10.8. The standard InChI is InChI=1S/C13H25IO3/c1-15-10-11-16-8-5-9-17-13-7-4-2-3-6-12(13)14/h12-13H,2-11H2,1H3. The van der Waals surface area contributed by atoms with Crippen molar-refractivity contribution in [1.82, 2.24) is 0 Å². The number of ether oxygens (including phenoxy) is 3. The van der Waals surface area contributed by atoms with Crippen LogP contribution in [-0.4, -0.2) is 43.6 Å². The van der Waals surface area contributed by atoms with Gasteiger partial charge in [0.2, 0.25) is 0 Å². The zero-order valence-corrected chi connectivity index (χ0v) is 13.0. The second-order valence-corrected chi connectivity index (χ2v) is 6.12. The molecule has 0 aromatic rings. The molecule has 0 N–H and O–H groups in total. The normalized spacial score (nSPS) is 25.8. The van der Waals surface area contributed by atoms with Gasteiger partial charge < -0.3 is 14.2 Å². The van der Waals surface area contributed by atoms with Crippen molar-refractivity contribution in [2.75, 3.05) is 33.5 Å². The Hall–Kier alpha value is 0.610. The maximum atomic E-state index is 5.96. The average Bonchev–Trinajstić information content (AvgIpc) is 2.53. The van der Waals surface area contributed by atoms with E-state index in [4.69, 9.17) is 14.2 Å².